The van der Waals surface area contributed by atoms with E-state index in [1.54, 1.807) is 6.20 Å². The predicted molar refractivity (Wildman–Crippen MR) is 50.3 cm³/mol. The fourth-order valence-corrected chi connectivity index (χ4v) is 0.962. The zero-order valence-electron chi connectivity index (χ0n) is 7.40. The highest BCUT2D eigenvalue weighted by Gasteiger charge is 1.92. The van der Waals surface area contributed by atoms with Crippen LogP contribution in [-0.4, -0.2) is 16.1 Å². The van der Waals surface area contributed by atoms with Crippen molar-refractivity contribution in [1.82, 2.24) is 4.98 Å². The summed E-state index contributed by atoms with van der Waals surface area (Å²) in [5.41, 5.74) is 1.83. The number of rotatable bonds is 3. The van der Waals surface area contributed by atoms with Gasteiger partial charge in [0, 0.05) is 12.3 Å². The lowest BCUT2D eigenvalue weighted by atomic mass is 10.2. The Hall–Kier alpha value is -1.64. The molecule has 1 aromatic rings. The van der Waals surface area contributed by atoms with Crippen molar-refractivity contribution in [3.05, 3.63) is 35.7 Å². The van der Waals surface area contributed by atoms with Crippen LogP contribution < -0.4 is 0 Å². The molecule has 1 aromatic heterocycles. The summed E-state index contributed by atoms with van der Waals surface area (Å²) in [6.07, 6.45) is 5.18. The lowest BCUT2D eigenvalue weighted by Crippen LogP contribution is -1.88. The average Bonchev–Trinajstić information content (AvgIpc) is 2.15. The van der Waals surface area contributed by atoms with Gasteiger partial charge < -0.3 is 5.11 Å². The van der Waals surface area contributed by atoms with Gasteiger partial charge in [0.15, 0.2) is 0 Å². The summed E-state index contributed by atoms with van der Waals surface area (Å²) in [6, 6.07) is 3.79. The summed E-state index contributed by atoms with van der Waals surface area (Å²) >= 11 is 0. The second-order valence-corrected chi connectivity index (χ2v) is 2.61. The van der Waals surface area contributed by atoms with Gasteiger partial charge in [0.2, 0.25) is 0 Å². The highest BCUT2D eigenvalue weighted by molar-refractivity contribution is 5.84. The van der Waals surface area contributed by atoms with Gasteiger partial charge in [-0.25, -0.2) is 4.79 Å². The van der Waals surface area contributed by atoms with Crippen molar-refractivity contribution in [2.45, 2.75) is 13.3 Å². The molecule has 0 unspecified atom stereocenters. The number of aromatic nitrogens is 1. The Kier molecular flexibility index (Phi) is 3.20. The number of aliphatic carboxylic acids is 1. The third-order valence-electron chi connectivity index (χ3n) is 1.65. The van der Waals surface area contributed by atoms with Crippen LogP contribution in [0.5, 0.6) is 0 Å². The molecule has 0 aromatic carbocycles. The minimum atomic E-state index is -0.955. The van der Waals surface area contributed by atoms with E-state index in [9.17, 15) is 4.79 Å². The number of nitrogens with zero attached hydrogens (tertiary/aromatic N) is 1. The number of carbonyl (C=O) groups is 1. The largest absolute Gasteiger partial charge is 0.478 e. The van der Waals surface area contributed by atoms with Gasteiger partial charge >= 0.3 is 5.97 Å². The van der Waals surface area contributed by atoms with Gasteiger partial charge in [0.25, 0.3) is 0 Å². The summed E-state index contributed by atoms with van der Waals surface area (Å²) < 4.78 is 0. The van der Waals surface area contributed by atoms with E-state index in [-0.39, 0.29) is 0 Å². The number of hydrogen-bond donors (Lipinski definition) is 1. The minimum absolute atomic E-state index is 0.682. The van der Waals surface area contributed by atoms with Gasteiger partial charge in [0.1, 0.15) is 0 Å². The highest BCUT2D eigenvalue weighted by atomic mass is 16.4. The maximum absolute atomic E-state index is 10.2. The lowest BCUT2D eigenvalue weighted by molar-refractivity contribution is -0.131. The third-order valence-corrected chi connectivity index (χ3v) is 1.65. The zero-order valence-corrected chi connectivity index (χ0v) is 7.40. The highest BCUT2D eigenvalue weighted by Crippen LogP contribution is 2.03. The molecule has 0 amide bonds. The molecule has 3 nitrogen and oxygen atoms in total. The molecule has 68 valence electrons. The predicted octanol–water partition coefficient (Wildman–Crippen LogP) is 1.74. The van der Waals surface area contributed by atoms with Crippen molar-refractivity contribution in [1.29, 1.82) is 0 Å². The number of aryl methyl sites for hydroxylation is 1. The Morgan fingerprint density at radius 2 is 2.46 bits per heavy atom. The smallest absolute Gasteiger partial charge is 0.328 e. The molecule has 0 saturated heterocycles. The first-order chi connectivity index (χ1) is 6.22. The summed E-state index contributed by atoms with van der Waals surface area (Å²) in [6.45, 7) is 2.04. The Labute approximate surface area is 76.7 Å². The summed E-state index contributed by atoms with van der Waals surface area (Å²) in [5.74, 6) is -0.955. The van der Waals surface area contributed by atoms with Crippen LogP contribution >= 0.6 is 0 Å². The van der Waals surface area contributed by atoms with E-state index in [0.717, 1.165) is 18.1 Å². The van der Waals surface area contributed by atoms with Crippen LogP contribution in [0, 0.1) is 0 Å². The average molecular weight is 177 g/mol. The van der Waals surface area contributed by atoms with Crippen LogP contribution in [-0.2, 0) is 11.2 Å². The Morgan fingerprint density at radius 1 is 1.69 bits per heavy atom. The first-order valence-electron chi connectivity index (χ1n) is 4.08. The first kappa shape index (κ1) is 9.45. The standard InChI is InChI=1S/C10H11NO2/c1-2-8-5-6-11-9(7-8)3-4-10(12)13/h3-7H,2H2,1H3,(H,12,13)/b4-3+. The quantitative estimate of drug-likeness (QED) is 0.715. The van der Waals surface area contributed by atoms with E-state index in [4.69, 9.17) is 5.11 Å². The van der Waals surface area contributed by atoms with Crippen molar-refractivity contribution in [2.75, 3.05) is 0 Å². The van der Waals surface area contributed by atoms with Crippen LogP contribution in [0.2, 0.25) is 0 Å². The fourth-order valence-electron chi connectivity index (χ4n) is 0.962. The van der Waals surface area contributed by atoms with Crippen LogP contribution in [0.1, 0.15) is 18.2 Å². The van der Waals surface area contributed by atoms with Crippen molar-refractivity contribution in [2.24, 2.45) is 0 Å². The van der Waals surface area contributed by atoms with Crippen LogP contribution in [0.15, 0.2) is 24.4 Å². The summed E-state index contributed by atoms with van der Waals surface area (Å²) in [5, 5.41) is 8.39. The molecule has 0 aliphatic heterocycles. The van der Waals surface area contributed by atoms with Gasteiger partial charge in [-0.15, -0.1) is 0 Å². The SMILES string of the molecule is CCc1ccnc(/C=C/C(=O)O)c1. The normalized spacial score (nSPS) is 10.5. The molecule has 0 atom stereocenters. The van der Waals surface area contributed by atoms with Crippen molar-refractivity contribution < 1.29 is 9.90 Å². The van der Waals surface area contributed by atoms with Crippen molar-refractivity contribution in [3.63, 3.8) is 0 Å². The Bertz CT molecular complexity index is 331. The van der Waals surface area contributed by atoms with E-state index in [1.807, 2.05) is 19.1 Å². The monoisotopic (exact) mass is 177 g/mol. The molecule has 1 N–H and O–H groups in total. The summed E-state index contributed by atoms with van der Waals surface area (Å²) in [4.78, 5) is 14.2. The summed E-state index contributed by atoms with van der Waals surface area (Å²) in [7, 11) is 0. The second kappa shape index (κ2) is 4.40. The number of carboxylic acid groups (broad SMARTS) is 1. The number of pyridine rings is 1. The van der Waals surface area contributed by atoms with Gasteiger partial charge in [-0.05, 0) is 30.2 Å². The van der Waals surface area contributed by atoms with Crippen molar-refractivity contribution in [3.8, 4) is 0 Å². The molecular formula is C10H11NO2. The molecular weight excluding hydrogens is 166 g/mol. The van der Waals surface area contributed by atoms with E-state index >= 15 is 0 Å². The van der Waals surface area contributed by atoms with E-state index in [2.05, 4.69) is 4.98 Å². The Morgan fingerprint density at radius 3 is 3.08 bits per heavy atom. The maximum Gasteiger partial charge on any atom is 0.328 e. The molecule has 0 aliphatic rings. The van der Waals surface area contributed by atoms with E-state index < -0.39 is 5.97 Å². The number of hydrogen-bond acceptors (Lipinski definition) is 2. The maximum atomic E-state index is 10.2. The number of carboxylic acids is 1. The van der Waals surface area contributed by atoms with Crippen LogP contribution in [0.4, 0.5) is 0 Å². The van der Waals surface area contributed by atoms with Crippen LogP contribution in [0.3, 0.4) is 0 Å². The van der Waals surface area contributed by atoms with Gasteiger partial charge in [-0.2, -0.15) is 0 Å². The fraction of sp³-hybridized carbons (Fsp3) is 0.200. The van der Waals surface area contributed by atoms with Gasteiger partial charge in [-0.3, -0.25) is 4.98 Å². The molecule has 0 fully saturated rings. The molecule has 0 aliphatic carbocycles. The minimum Gasteiger partial charge on any atom is -0.478 e. The Balaban J connectivity index is 2.83. The molecule has 0 bridgehead atoms. The molecule has 13 heavy (non-hydrogen) atoms. The molecule has 1 rings (SSSR count). The molecule has 0 spiro atoms. The van der Waals surface area contributed by atoms with Crippen molar-refractivity contribution >= 4 is 12.0 Å². The lowest BCUT2D eigenvalue weighted by Gasteiger charge is -1.96. The third kappa shape index (κ3) is 3.07. The second-order valence-electron chi connectivity index (χ2n) is 2.61. The van der Waals surface area contributed by atoms with E-state index in [0.29, 0.717) is 5.69 Å². The molecule has 3 heteroatoms. The molecule has 0 radical (unpaired) electrons. The van der Waals surface area contributed by atoms with Gasteiger partial charge in [0.05, 0.1) is 5.69 Å². The van der Waals surface area contributed by atoms with E-state index in [1.165, 1.54) is 6.08 Å². The first-order valence-corrected chi connectivity index (χ1v) is 4.08. The molecule has 1 heterocycles. The topological polar surface area (TPSA) is 50.2 Å². The molecule has 0 saturated carbocycles. The van der Waals surface area contributed by atoms with Gasteiger partial charge in [-0.1, -0.05) is 6.92 Å². The van der Waals surface area contributed by atoms with Crippen LogP contribution in [0.25, 0.3) is 6.08 Å². The zero-order chi connectivity index (χ0) is 9.68.